The van der Waals surface area contributed by atoms with Crippen LogP contribution in [0.1, 0.15) is 29.6 Å². The zero-order chi connectivity index (χ0) is 15.8. The van der Waals surface area contributed by atoms with Crippen molar-refractivity contribution >= 4 is 5.91 Å². The Balaban J connectivity index is 1.96. The van der Waals surface area contributed by atoms with Gasteiger partial charge in [0.05, 0.1) is 0 Å². The highest BCUT2D eigenvalue weighted by molar-refractivity contribution is 5.81. The van der Waals surface area contributed by atoms with Gasteiger partial charge in [0.1, 0.15) is 0 Å². The molecule has 0 saturated heterocycles. The number of nitrogens with one attached hydrogen (secondary N) is 1. The van der Waals surface area contributed by atoms with Crippen LogP contribution in [-0.2, 0) is 4.79 Å². The molecule has 0 heterocycles. The van der Waals surface area contributed by atoms with E-state index in [2.05, 4.69) is 5.32 Å². The van der Waals surface area contributed by atoms with Crippen molar-refractivity contribution in [2.75, 3.05) is 13.2 Å². The molecule has 4 nitrogen and oxygen atoms in total. The molecular formula is C18H21NO3. The van der Waals surface area contributed by atoms with E-state index in [1.807, 2.05) is 36.4 Å². The van der Waals surface area contributed by atoms with E-state index in [9.17, 15) is 15.0 Å². The molecule has 0 aliphatic rings. The zero-order valence-electron chi connectivity index (χ0n) is 12.4. The van der Waals surface area contributed by atoms with Crippen LogP contribution in [0, 0.1) is 0 Å². The standard InChI is InChI=1S/C18H21NO3/c20-12-11-16(14-7-3-1-4-8-14)13-19-18(22)17(21)15-9-5-2-6-10-15/h1-10,16-17,20-21H,11-13H2,(H,19,22)/t16-,17+/m1/s1. The van der Waals surface area contributed by atoms with Crippen LogP contribution in [0.25, 0.3) is 0 Å². The lowest BCUT2D eigenvalue weighted by Gasteiger charge is -2.18. The Morgan fingerprint density at radius 2 is 1.50 bits per heavy atom. The van der Waals surface area contributed by atoms with Gasteiger partial charge in [-0.3, -0.25) is 4.79 Å². The first-order valence-electron chi connectivity index (χ1n) is 7.39. The molecule has 1 amide bonds. The van der Waals surface area contributed by atoms with Gasteiger partial charge in [0.25, 0.3) is 5.91 Å². The van der Waals surface area contributed by atoms with Gasteiger partial charge in [-0.15, -0.1) is 0 Å². The maximum atomic E-state index is 12.1. The molecule has 0 bridgehead atoms. The van der Waals surface area contributed by atoms with Crippen molar-refractivity contribution in [2.45, 2.75) is 18.4 Å². The fraction of sp³-hybridized carbons (Fsp3) is 0.278. The Morgan fingerprint density at radius 3 is 2.05 bits per heavy atom. The largest absolute Gasteiger partial charge is 0.396 e. The van der Waals surface area contributed by atoms with Gasteiger partial charge in [-0.25, -0.2) is 0 Å². The minimum Gasteiger partial charge on any atom is -0.396 e. The van der Waals surface area contributed by atoms with Crippen LogP contribution in [0.2, 0.25) is 0 Å². The van der Waals surface area contributed by atoms with Crippen molar-refractivity contribution < 1.29 is 15.0 Å². The summed E-state index contributed by atoms with van der Waals surface area (Å²) in [6.45, 7) is 0.434. The molecule has 0 fully saturated rings. The summed E-state index contributed by atoms with van der Waals surface area (Å²) in [6.07, 6.45) is -0.613. The van der Waals surface area contributed by atoms with Crippen LogP contribution in [0.5, 0.6) is 0 Å². The van der Waals surface area contributed by atoms with E-state index in [-0.39, 0.29) is 12.5 Å². The van der Waals surface area contributed by atoms with Crippen LogP contribution >= 0.6 is 0 Å². The van der Waals surface area contributed by atoms with E-state index >= 15 is 0 Å². The predicted molar refractivity (Wildman–Crippen MR) is 85.3 cm³/mol. The first-order chi connectivity index (χ1) is 10.7. The average molecular weight is 299 g/mol. The van der Waals surface area contributed by atoms with Crippen LogP contribution in [-0.4, -0.2) is 29.3 Å². The highest BCUT2D eigenvalue weighted by Gasteiger charge is 2.19. The molecule has 0 unspecified atom stereocenters. The number of rotatable bonds is 7. The summed E-state index contributed by atoms with van der Waals surface area (Å²) < 4.78 is 0. The first kappa shape index (κ1) is 16.2. The van der Waals surface area contributed by atoms with Crippen molar-refractivity contribution in [2.24, 2.45) is 0 Å². The molecule has 116 valence electrons. The molecule has 0 spiro atoms. The average Bonchev–Trinajstić information content (AvgIpc) is 2.59. The highest BCUT2D eigenvalue weighted by atomic mass is 16.3. The van der Waals surface area contributed by atoms with Gasteiger partial charge in [0.2, 0.25) is 0 Å². The number of aliphatic hydroxyl groups excluding tert-OH is 2. The molecule has 0 saturated carbocycles. The highest BCUT2D eigenvalue weighted by Crippen LogP contribution is 2.19. The van der Waals surface area contributed by atoms with Crippen molar-refractivity contribution in [3.05, 3.63) is 71.8 Å². The smallest absolute Gasteiger partial charge is 0.253 e. The maximum Gasteiger partial charge on any atom is 0.253 e. The third-order valence-electron chi connectivity index (χ3n) is 3.63. The van der Waals surface area contributed by atoms with Crippen molar-refractivity contribution in [1.29, 1.82) is 0 Å². The van der Waals surface area contributed by atoms with Crippen molar-refractivity contribution in [1.82, 2.24) is 5.32 Å². The van der Waals surface area contributed by atoms with Gasteiger partial charge in [-0.2, -0.15) is 0 Å². The number of carbonyl (C=O) groups is 1. The molecule has 2 aromatic rings. The second kappa shape index (κ2) is 8.32. The van der Waals surface area contributed by atoms with E-state index in [4.69, 9.17) is 0 Å². The molecule has 3 N–H and O–H groups in total. The molecule has 0 aromatic heterocycles. The number of benzene rings is 2. The minimum absolute atomic E-state index is 0.0260. The van der Waals surface area contributed by atoms with Crippen molar-refractivity contribution in [3.8, 4) is 0 Å². The quantitative estimate of drug-likeness (QED) is 0.732. The van der Waals surface area contributed by atoms with E-state index in [0.29, 0.717) is 18.5 Å². The Morgan fingerprint density at radius 1 is 0.955 bits per heavy atom. The van der Waals surface area contributed by atoms with Gasteiger partial charge < -0.3 is 15.5 Å². The Bertz CT molecular complexity index is 571. The lowest BCUT2D eigenvalue weighted by molar-refractivity contribution is -0.129. The van der Waals surface area contributed by atoms with E-state index in [1.54, 1.807) is 24.3 Å². The van der Waals surface area contributed by atoms with Gasteiger partial charge in [-0.05, 0) is 17.5 Å². The number of hydrogen-bond acceptors (Lipinski definition) is 3. The normalized spacial score (nSPS) is 13.4. The third-order valence-corrected chi connectivity index (χ3v) is 3.63. The van der Waals surface area contributed by atoms with E-state index < -0.39 is 12.0 Å². The molecule has 2 rings (SSSR count). The molecule has 0 radical (unpaired) electrons. The monoisotopic (exact) mass is 299 g/mol. The second-order valence-electron chi connectivity index (χ2n) is 5.18. The summed E-state index contributed by atoms with van der Waals surface area (Å²) >= 11 is 0. The predicted octanol–water partition coefficient (Wildman–Crippen LogP) is 2.00. The molecule has 0 aliphatic heterocycles. The number of hydrogen-bond donors (Lipinski definition) is 3. The van der Waals surface area contributed by atoms with Crippen LogP contribution in [0.3, 0.4) is 0 Å². The van der Waals surface area contributed by atoms with E-state index in [1.165, 1.54) is 0 Å². The zero-order valence-corrected chi connectivity index (χ0v) is 12.4. The number of carbonyl (C=O) groups excluding carboxylic acids is 1. The topological polar surface area (TPSA) is 69.6 Å². The van der Waals surface area contributed by atoms with Crippen LogP contribution < -0.4 is 5.32 Å². The summed E-state index contributed by atoms with van der Waals surface area (Å²) in [5, 5.41) is 22.0. The summed E-state index contributed by atoms with van der Waals surface area (Å²) in [5.74, 6) is -0.400. The summed E-state index contributed by atoms with van der Waals surface area (Å²) in [4.78, 5) is 12.1. The maximum absolute atomic E-state index is 12.1. The lowest BCUT2D eigenvalue weighted by Crippen LogP contribution is -2.33. The molecule has 22 heavy (non-hydrogen) atoms. The summed E-state index contributed by atoms with van der Waals surface area (Å²) in [7, 11) is 0. The lowest BCUT2D eigenvalue weighted by atomic mass is 9.96. The Labute approximate surface area is 130 Å². The molecule has 2 atom stereocenters. The number of amides is 1. The van der Waals surface area contributed by atoms with Crippen molar-refractivity contribution in [3.63, 3.8) is 0 Å². The van der Waals surface area contributed by atoms with Gasteiger partial charge in [0.15, 0.2) is 6.10 Å². The fourth-order valence-corrected chi connectivity index (χ4v) is 2.37. The molecular weight excluding hydrogens is 278 g/mol. The molecule has 2 aromatic carbocycles. The van der Waals surface area contributed by atoms with Gasteiger partial charge >= 0.3 is 0 Å². The minimum atomic E-state index is -1.17. The van der Waals surface area contributed by atoms with Gasteiger partial charge in [-0.1, -0.05) is 60.7 Å². The summed E-state index contributed by atoms with van der Waals surface area (Å²) in [6, 6.07) is 18.6. The van der Waals surface area contributed by atoms with Crippen LogP contribution in [0.4, 0.5) is 0 Å². The van der Waals surface area contributed by atoms with Crippen LogP contribution in [0.15, 0.2) is 60.7 Å². The number of aliphatic hydroxyl groups is 2. The Hall–Kier alpha value is -2.17. The fourth-order valence-electron chi connectivity index (χ4n) is 2.37. The van der Waals surface area contributed by atoms with E-state index in [0.717, 1.165) is 5.56 Å². The molecule has 4 heteroatoms. The molecule has 0 aliphatic carbocycles. The van der Waals surface area contributed by atoms with Gasteiger partial charge in [0, 0.05) is 19.1 Å². The second-order valence-corrected chi connectivity index (χ2v) is 5.18. The summed E-state index contributed by atoms with van der Waals surface area (Å²) in [5.41, 5.74) is 1.63. The third kappa shape index (κ3) is 4.41. The SMILES string of the molecule is O=C(NC[C@@H](CCO)c1ccccc1)[C@@H](O)c1ccccc1. The Kier molecular flexibility index (Phi) is 6.13. The first-order valence-corrected chi connectivity index (χ1v) is 7.39.